The summed E-state index contributed by atoms with van der Waals surface area (Å²) in [5.74, 6) is 3.19. The Kier molecular flexibility index (Phi) is 3.05. The number of amides is 1. The molecule has 2 heterocycles. The van der Waals surface area contributed by atoms with Crippen LogP contribution in [-0.4, -0.2) is 33.1 Å². The monoisotopic (exact) mass is 232 g/mol. The predicted octanol–water partition coefficient (Wildman–Crippen LogP) is -0.0119. The zero-order valence-corrected chi connectivity index (χ0v) is 9.39. The summed E-state index contributed by atoms with van der Waals surface area (Å²) in [5, 5.41) is 14.9. The van der Waals surface area contributed by atoms with E-state index in [-0.39, 0.29) is 11.7 Å². The van der Waals surface area contributed by atoms with Gasteiger partial charge in [-0.3, -0.25) is 4.79 Å². The lowest BCUT2D eigenvalue weighted by Crippen LogP contribution is -2.37. The van der Waals surface area contributed by atoms with E-state index < -0.39 is 5.91 Å². The first-order valence-corrected chi connectivity index (χ1v) is 5.10. The van der Waals surface area contributed by atoms with Crippen LogP contribution in [0.4, 0.5) is 0 Å². The average molecular weight is 232 g/mol. The van der Waals surface area contributed by atoms with Gasteiger partial charge in [0.05, 0.1) is 6.04 Å². The van der Waals surface area contributed by atoms with Crippen LogP contribution in [0.25, 0.3) is 0 Å². The predicted molar refractivity (Wildman–Crippen MR) is 57.4 cm³/mol. The third kappa shape index (κ3) is 2.60. The Morgan fingerprint density at radius 2 is 2.53 bits per heavy atom. The molecule has 1 atom stereocenters. The molecule has 7 heteroatoms. The number of nitrogens with one attached hydrogen (secondary N) is 1. The molecule has 1 aliphatic heterocycles. The van der Waals surface area contributed by atoms with Crippen LogP contribution in [-0.2, 0) is 0 Å². The average Bonchev–Trinajstić information content (AvgIpc) is 2.87. The van der Waals surface area contributed by atoms with E-state index >= 15 is 0 Å². The van der Waals surface area contributed by atoms with E-state index in [0.717, 1.165) is 12.3 Å². The summed E-state index contributed by atoms with van der Waals surface area (Å²) in [5.41, 5.74) is 0.0179. The molecule has 0 saturated carbocycles. The van der Waals surface area contributed by atoms with E-state index in [9.17, 15) is 4.79 Å². The Labute approximate surface area is 97.8 Å². The normalized spacial score (nSPS) is 14.5. The molecule has 1 radical (unpaired) electrons. The first kappa shape index (κ1) is 11.1. The van der Waals surface area contributed by atoms with Crippen molar-refractivity contribution in [2.75, 3.05) is 0 Å². The third-order valence-electron chi connectivity index (χ3n) is 2.02. The van der Waals surface area contributed by atoms with Gasteiger partial charge in [-0.05, 0) is 17.2 Å². The maximum absolute atomic E-state index is 11.6. The van der Waals surface area contributed by atoms with E-state index in [0.29, 0.717) is 0 Å². The molecular weight excluding hydrogens is 222 g/mol. The minimum absolute atomic E-state index is 0.0179. The summed E-state index contributed by atoms with van der Waals surface area (Å²) in [6.07, 6.45) is 3.09. The van der Waals surface area contributed by atoms with Crippen molar-refractivity contribution in [3.63, 3.8) is 0 Å². The highest BCUT2D eigenvalue weighted by Crippen LogP contribution is 2.11. The van der Waals surface area contributed by atoms with Crippen LogP contribution in [0.2, 0.25) is 0 Å². The van der Waals surface area contributed by atoms with Crippen LogP contribution in [0, 0.1) is 18.2 Å². The minimum atomic E-state index is -0.406. The number of rotatable bonds is 3. The molecule has 17 heavy (non-hydrogen) atoms. The lowest BCUT2D eigenvalue weighted by molar-refractivity contribution is 0.0939. The van der Waals surface area contributed by atoms with Crippen LogP contribution in [0.3, 0.4) is 0 Å². The molecular formula is C10H10N5O2. The highest BCUT2D eigenvalue weighted by atomic mass is 16.6. The number of aromatic nitrogens is 2. The second-order valence-corrected chi connectivity index (χ2v) is 3.33. The molecule has 1 amide bonds. The van der Waals surface area contributed by atoms with Crippen LogP contribution in [0.5, 0.6) is 0 Å². The second-order valence-electron chi connectivity index (χ2n) is 3.33. The van der Waals surface area contributed by atoms with Gasteiger partial charge in [0.15, 0.2) is 12.0 Å². The Morgan fingerprint density at radius 3 is 3.18 bits per heavy atom. The van der Waals surface area contributed by atoms with Crippen molar-refractivity contribution in [3.05, 3.63) is 11.9 Å². The molecule has 0 aromatic carbocycles. The smallest absolute Gasteiger partial charge is 0.276 e. The van der Waals surface area contributed by atoms with Gasteiger partial charge < -0.3 is 5.32 Å². The van der Waals surface area contributed by atoms with E-state index in [2.05, 4.69) is 43.5 Å². The van der Waals surface area contributed by atoms with Crippen molar-refractivity contribution in [2.45, 2.75) is 26.3 Å². The van der Waals surface area contributed by atoms with Gasteiger partial charge in [0.1, 0.15) is 0 Å². The highest BCUT2D eigenvalue weighted by molar-refractivity contribution is 6.01. The van der Waals surface area contributed by atoms with Crippen molar-refractivity contribution in [2.24, 2.45) is 5.10 Å². The fourth-order valence-electron chi connectivity index (χ4n) is 1.15. The zero-order chi connectivity index (χ0) is 12.3. The standard InChI is InChI=1S/C10H10N5O2/c1-3-4-5-15-9(13-15)7(2)12-10(16)8-6-11-17-14-8/h7H,3H2,1-2H3,(H,12,16). The Balaban J connectivity index is 1.85. The first-order valence-electron chi connectivity index (χ1n) is 5.10. The van der Waals surface area contributed by atoms with Gasteiger partial charge >= 0.3 is 0 Å². The quantitative estimate of drug-likeness (QED) is 0.741. The number of carbonyl (C=O) groups excluding carboxylic acids is 1. The maximum atomic E-state index is 11.6. The van der Waals surface area contributed by atoms with E-state index in [4.69, 9.17) is 0 Å². The summed E-state index contributed by atoms with van der Waals surface area (Å²) in [6, 6.07) is 2.58. The van der Waals surface area contributed by atoms with Gasteiger partial charge in [0, 0.05) is 12.5 Å². The SMILES string of the molecule is CCC#CN1N=C1C(C)NC(=O)c1[c]non1. The fraction of sp³-hybridized carbons (Fsp3) is 0.400. The van der Waals surface area contributed by atoms with Crippen molar-refractivity contribution >= 4 is 11.7 Å². The number of hydrazone groups is 1. The van der Waals surface area contributed by atoms with Crippen molar-refractivity contribution in [3.8, 4) is 12.0 Å². The molecule has 1 aromatic rings. The number of amidine groups is 1. The molecule has 7 nitrogen and oxygen atoms in total. The Morgan fingerprint density at radius 1 is 1.71 bits per heavy atom. The lowest BCUT2D eigenvalue weighted by Gasteiger charge is -2.06. The van der Waals surface area contributed by atoms with Crippen molar-refractivity contribution in [1.29, 1.82) is 0 Å². The topological polar surface area (TPSA) is 83.4 Å². The molecule has 2 rings (SSSR count). The van der Waals surface area contributed by atoms with Crippen molar-refractivity contribution in [1.82, 2.24) is 20.6 Å². The molecule has 1 aliphatic rings. The van der Waals surface area contributed by atoms with Crippen LogP contribution in [0.1, 0.15) is 30.8 Å². The number of hydrogen-bond acceptors (Lipinski definition) is 6. The van der Waals surface area contributed by atoms with Crippen LogP contribution >= 0.6 is 0 Å². The Bertz CT molecular complexity index is 497. The fourth-order valence-corrected chi connectivity index (χ4v) is 1.15. The second kappa shape index (κ2) is 4.65. The van der Waals surface area contributed by atoms with Crippen molar-refractivity contribution < 1.29 is 9.42 Å². The molecule has 0 saturated heterocycles. The first-order chi connectivity index (χ1) is 8.22. The van der Waals surface area contributed by atoms with E-state index in [1.807, 2.05) is 6.92 Å². The number of nitrogens with zero attached hydrogens (tertiary/aromatic N) is 4. The summed E-state index contributed by atoms with van der Waals surface area (Å²) in [7, 11) is 0. The lowest BCUT2D eigenvalue weighted by atomic mass is 10.3. The molecule has 87 valence electrons. The third-order valence-corrected chi connectivity index (χ3v) is 2.02. The van der Waals surface area contributed by atoms with Gasteiger partial charge in [0.2, 0.25) is 5.69 Å². The van der Waals surface area contributed by atoms with Gasteiger partial charge in [-0.25, -0.2) is 4.63 Å². The minimum Gasteiger partial charge on any atom is -0.341 e. The van der Waals surface area contributed by atoms with Gasteiger partial charge in [-0.1, -0.05) is 12.8 Å². The molecule has 0 fully saturated rings. The van der Waals surface area contributed by atoms with Crippen LogP contribution in [0.15, 0.2) is 9.73 Å². The molecule has 0 aliphatic carbocycles. The molecule has 0 spiro atoms. The van der Waals surface area contributed by atoms with Crippen LogP contribution < -0.4 is 5.32 Å². The summed E-state index contributed by atoms with van der Waals surface area (Å²) in [4.78, 5) is 11.6. The Hall–Kier alpha value is -2.36. The summed E-state index contributed by atoms with van der Waals surface area (Å²) in [6.45, 7) is 3.76. The maximum Gasteiger partial charge on any atom is 0.276 e. The number of hydrogen-bond donors (Lipinski definition) is 1. The van der Waals surface area contributed by atoms with Gasteiger partial charge in [0.25, 0.3) is 5.91 Å². The molecule has 1 unspecified atom stereocenters. The van der Waals surface area contributed by atoms with E-state index in [1.54, 1.807) is 11.9 Å². The van der Waals surface area contributed by atoms with Gasteiger partial charge in [-0.2, -0.15) is 5.01 Å². The van der Waals surface area contributed by atoms with Gasteiger partial charge in [-0.15, -0.1) is 5.10 Å². The largest absolute Gasteiger partial charge is 0.341 e. The number of carbonyl (C=O) groups is 1. The molecule has 0 bridgehead atoms. The highest BCUT2D eigenvalue weighted by Gasteiger charge is 2.30. The molecule has 1 N–H and O–H groups in total. The summed E-state index contributed by atoms with van der Waals surface area (Å²) >= 11 is 0. The summed E-state index contributed by atoms with van der Waals surface area (Å²) < 4.78 is 4.29. The molecule has 1 aromatic heterocycles. The van der Waals surface area contributed by atoms with E-state index in [1.165, 1.54) is 0 Å². The zero-order valence-electron chi connectivity index (χ0n) is 9.39.